The van der Waals surface area contributed by atoms with E-state index in [-0.39, 0.29) is 11.3 Å². The molecule has 1 heterocycles. The highest BCUT2D eigenvalue weighted by molar-refractivity contribution is 5.94. The monoisotopic (exact) mass is 280 g/mol. The van der Waals surface area contributed by atoms with Gasteiger partial charge < -0.3 is 10.0 Å². The smallest absolute Gasteiger partial charge is 0.337 e. The summed E-state index contributed by atoms with van der Waals surface area (Å²) in [6.45, 7) is 7.51. The fourth-order valence-corrected chi connectivity index (χ4v) is 2.99. The molecule has 1 unspecified atom stereocenters. The molecule has 0 aromatic heterocycles. The van der Waals surface area contributed by atoms with Crippen LogP contribution in [0.2, 0.25) is 0 Å². The Morgan fingerprint density at radius 2 is 2.15 bits per heavy atom. The zero-order chi connectivity index (χ0) is 14.7. The van der Waals surface area contributed by atoms with Crippen molar-refractivity contribution in [2.45, 2.75) is 26.3 Å². The summed E-state index contributed by atoms with van der Waals surface area (Å²) in [4.78, 5) is 15.5. The molecule has 2 rings (SSSR count). The number of hydrogen-bond donors (Lipinski definition) is 1. The second-order valence-corrected chi connectivity index (χ2v) is 5.05. The lowest BCUT2D eigenvalue weighted by atomic mass is 10.1. The largest absolute Gasteiger partial charge is 0.478 e. The second kappa shape index (κ2) is 6.22. The summed E-state index contributed by atoms with van der Waals surface area (Å²) in [5, 5.41) is 9.21. The minimum Gasteiger partial charge on any atom is -0.478 e. The summed E-state index contributed by atoms with van der Waals surface area (Å²) >= 11 is 0. The van der Waals surface area contributed by atoms with E-state index in [9.17, 15) is 14.3 Å². The molecule has 20 heavy (non-hydrogen) atoms. The van der Waals surface area contributed by atoms with Crippen LogP contribution >= 0.6 is 0 Å². The van der Waals surface area contributed by atoms with Gasteiger partial charge in [0.2, 0.25) is 0 Å². The van der Waals surface area contributed by atoms with Crippen LogP contribution in [0, 0.1) is 5.82 Å². The molecule has 1 atom stereocenters. The van der Waals surface area contributed by atoms with Crippen molar-refractivity contribution in [3.63, 3.8) is 0 Å². The van der Waals surface area contributed by atoms with Gasteiger partial charge in [-0.2, -0.15) is 0 Å². The normalized spacial score (nSPS) is 18.8. The number of likely N-dealkylation sites (N-methyl/N-ethyl adjacent to an activating group) is 1. The van der Waals surface area contributed by atoms with Crippen molar-refractivity contribution < 1.29 is 14.3 Å². The predicted octanol–water partition coefficient (Wildman–Crippen LogP) is 2.44. The van der Waals surface area contributed by atoms with E-state index in [1.807, 2.05) is 4.90 Å². The number of hydrogen-bond acceptors (Lipinski definition) is 3. The number of carbonyl (C=O) groups is 1. The van der Waals surface area contributed by atoms with E-state index in [0.29, 0.717) is 19.1 Å². The number of benzene rings is 1. The van der Waals surface area contributed by atoms with Gasteiger partial charge in [-0.25, -0.2) is 9.18 Å². The number of rotatable bonds is 5. The average molecular weight is 280 g/mol. The average Bonchev–Trinajstić information content (AvgIpc) is 2.89. The fourth-order valence-electron chi connectivity index (χ4n) is 2.99. The number of para-hydroxylation sites is 1. The topological polar surface area (TPSA) is 43.8 Å². The maximum Gasteiger partial charge on any atom is 0.337 e. The lowest BCUT2D eigenvalue weighted by molar-refractivity contribution is 0.0697. The minimum absolute atomic E-state index is 0.0465. The molecule has 5 heteroatoms. The van der Waals surface area contributed by atoms with Crippen molar-refractivity contribution in [3.8, 4) is 0 Å². The van der Waals surface area contributed by atoms with E-state index in [4.69, 9.17) is 0 Å². The maximum absolute atomic E-state index is 14.0. The summed E-state index contributed by atoms with van der Waals surface area (Å²) in [6.07, 6.45) is 0.940. The van der Waals surface area contributed by atoms with Crippen molar-refractivity contribution in [1.29, 1.82) is 0 Å². The number of carboxylic acid groups (broad SMARTS) is 1. The Balaban J connectivity index is 2.24. The minimum atomic E-state index is -1.08. The molecule has 1 fully saturated rings. The molecule has 1 aliphatic heterocycles. The molecule has 0 amide bonds. The van der Waals surface area contributed by atoms with E-state index in [1.165, 1.54) is 18.2 Å². The molecule has 0 radical (unpaired) electrons. The third-order valence-corrected chi connectivity index (χ3v) is 4.03. The molecule has 110 valence electrons. The van der Waals surface area contributed by atoms with Crippen LogP contribution in [0.1, 0.15) is 30.6 Å². The van der Waals surface area contributed by atoms with Crippen LogP contribution < -0.4 is 4.90 Å². The summed E-state index contributed by atoms with van der Waals surface area (Å²) in [6, 6.07) is 4.60. The zero-order valence-corrected chi connectivity index (χ0v) is 12.0. The van der Waals surface area contributed by atoms with Crippen LogP contribution in [0.3, 0.4) is 0 Å². The molecule has 1 aromatic carbocycles. The first-order chi connectivity index (χ1) is 9.58. The standard InChI is InChI=1S/C15H21FN2O2/c1-3-17(4-2)11-8-9-18(10-11)14-12(15(19)20)6-5-7-13(14)16/h5-7,11H,3-4,8-10H2,1-2H3,(H,19,20). The molecule has 1 saturated heterocycles. The molecular weight excluding hydrogens is 259 g/mol. The number of nitrogens with zero attached hydrogens (tertiary/aromatic N) is 2. The van der Waals surface area contributed by atoms with Crippen molar-refractivity contribution >= 4 is 11.7 Å². The molecule has 4 nitrogen and oxygen atoms in total. The second-order valence-electron chi connectivity index (χ2n) is 5.05. The molecule has 0 bridgehead atoms. The number of aromatic carboxylic acids is 1. The quantitative estimate of drug-likeness (QED) is 0.899. The molecule has 1 N–H and O–H groups in total. The number of anilines is 1. The Labute approximate surface area is 118 Å². The molecule has 1 aliphatic rings. The third kappa shape index (κ3) is 2.77. The highest BCUT2D eigenvalue weighted by Gasteiger charge is 2.30. The molecule has 1 aromatic rings. The van der Waals surface area contributed by atoms with Crippen molar-refractivity contribution in [2.75, 3.05) is 31.1 Å². The van der Waals surface area contributed by atoms with Crippen LogP contribution in [0.25, 0.3) is 0 Å². The third-order valence-electron chi connectivity index (χ3n) is 4.03. The van der Waals surface area contributed by atoms with Crippen molar-refractivity contribution in [1.82, 2.24) is 4.90 Å². The summed E-state index contributed by atoms with van der Waals surface area (Å²) in [7, 11) is 0. The van der Waals surface area contributed by atoms with Crippen LogP contribution in [-0.2, 0) is 0 Å². The van der Waals surface area contributed by atoms with Crippen LogP contribution in [0.5, 0.6) is 0 Å². The van der Waals surface area contributed by atoms with Gasteiger partial charge in [0.15, 0.2) is 0 Å². The Kier molecular flexibility index (Phi) is 4.60. The first kappa shape index (κ1) is 14.8. The number of halogens is 1. The van der Waals surface area contributed by atoms with Crippen LogP contribution in [0.15, 0.2) is 18.2 Å². The lowest BCUT2D eigenvalue weighted by Crippen LogP contribution is -2.37. The Bertz CT molecular complexity index is 489. The van der Waals surface area contributed by atoms with E-state index < -0.39 is 11.8 Å². The maximum atomic E-state index is 14.0. The van der Waals surface area contributed by atoms with E-state index in [1.54, 1.807) is 0 Å². The number of carboxylic acids is 1. The lowest BCUT2D eigenvalue weighted by Gasteiger charge is -2.27. The predicted molar refractivity (Wildman–Crippen MR) is 76.9 cm³/mol. The summed E-state index contributed by atoms with van der Waals surface area (Å²) in [5.74, 6) is -1.53. The molecular formula is C15H21FN2O2. The highest BCUT2D eigenvalue weighted by Crippen LogP contribution is 2.29. The summed E-state index contributed by atoms with van der Waals surface area (Å²) in [5.41, 5.74) is 0.278. The van der Waals surface area contributed by atoms with Crippen LogP contribution in [-0.4, -0.2) is 48.2 Å². The van der Waals surface area contributed by atoms with Crippen molar-refractivity contribution in [3.05, 3.63) is 29.6 Å². The van der Waals surface area contributed by atoms with E-state index in [2.05, 4.69) is 18.7 Å². The Hall–Kier alpha value is -1.62. The fraction of sp³-hybridized carbons (Fsp3) is 0.533. The van der Waals surface area contributed by atoms with Gasteiger partial charge in [0.25, 0.3) is 0 Å². The highest BCUT2D eigenvalue weighted by atomic mass is 19.1. The van der Waals surface area contributed by atoms with Gasteiger partial charge in [0, 0.05) is 19.1 Å². The van der Waals surface area contributed by atoms with Gasteiger partial charge in [-0.15, -0.1) is 0 Å². The zero-order valence-electron chi connectivity index (χ0n) is 12.0. The molecule has 0 saturated carbocycles. The summed E-state index contributed by atoms with van der Waals surface area (Å²) < 4.78 is 14.0. The van der Waals surface area contributed by atoms with Gasteiger partial charge >= 0.3 is 5.97 Å². The Morgan fingerprint density at radius 1 is 1.45 bits per heavy atom. The van der Waals surface area contributed by atoms with Gasteiger partial charge in [0.1, 0.15) is 5.82 Å². The van der Waals surface area contributed by atoms with Gasteiger partial charge in [-0.05, 0) is 31.6 Å². The van der Waals surface area contributed by atoms with E-state index >= 15 is 0 Å². The molecule has 0 spiro atoms. The Morgan fingerprint density at radius 3 is 2.75 bits per heavy atom. The first-order valence-electron chi connectivity index (χ1n) is 7.09. The van der Waals surface area contributed by atoms with Crippen molar-refractivity contribution in [2.24, 2.45) is 0 Å². The van der Waals surface area contributed by atoms with Crippen LogP contribution in [0.4, 0.5) is 10.1 Å². The SMILES string of the molecule is CCN(CC)C1CCN(c2c(F)cccc2C(=O)O)C1. The van der Waals surface area contributed by atoms with Gasteiger partial charge in [-0.3, -0.25) is 4.90 Å². The van der Waals surface area contributed by atoms with E-state index in [0.717, 1.165) is 19.5 Å². The van der Waals surface area contributed by atoms with Gasteiger partial charge in [-0.1, -0.05) is 19.9 Å². The van der Waals surface area contributed by atoms with Gasteiger partial charge in [0.05, 0.1) is 11.3 Å². The molecule has 0 aliphatic carbocycles. The first-order valence-corrected chi connectivity index (χ1v) is 7.09.